The van der Waals surface area contributed by atoms with Crippen LogP contribution in [0.1, 0.15) is 26.2 Å². The van der Waals surface area contributed by atoms with Crippen molar-refractivity contribution in [3.63, 3.8) is 0 Å². The van der Waals surface area contributed by atoms with Crippen LogP contribution in [0, 0.1) is 23.1 Å². The third-order valence-corrected chi connectivity index (χ3v) is 6.15. The van der Waals surface area contributed by atoms with Crippen molar-refractivity contribution in [3.05, 3.63) is 29.0 Å². The molecule has 1 aliphatic rings. The highest BCUT2D eigenvalue weighted by Gasteiger charge is 2.38. The van der Waals surface area contributed by atoms with Gasteiger partial charge in [-0.15, -0.1) is 0 Å². The molecule has 0 aliphatic heterocycles. The average molecular weight is 331 g/mol. The normalized spacial score (nSPS) is 16.7. The van der Waals surface area contributed by atoms with Crippen LogP contribution in [0.5, 0.6) is 0 Å². The topological polar surface area (TPSA) is 61.2 Å². The second-order valence-corrected chi connectivity index (χ2v) is 7.44. The zero-order chi connectivity index (χ0) is 15.6. The third kappa shape index (κ3) is 3.54. The van der Waals surface area contributed by atoms with E-state index >= 15 is 0 Å². The second-order valence-electron chi connectivity index (χ2n) is 5.18. The molecule has 114 valence electrons. The summed E-state index contributed by atoms with van der Waals surface area (Å²) in [5, 5.41) is 8.59. The molecule has 0 spiro atoms. The molecule has 1 unspecified atom stereocenters. The van der Waals surface area contributed by atoms with Gasteiger partial charge in [-0.05, 0) is 43.9 Å². The highest BCUT2D eigenvalue weighted by atomic mass is 35.5. The second kappa shape index (κ2) is 6.30. The fourth-order valence-corrected chi connectivity index (χ4v) is 4.53. The van der Waals surface area contributed by atoms with E-state index in [1.54, 1.807) is 0 Å². The van der Waals surface area contributed by atoms with Crippen LogP contribution in [0.15, 0.2) is 23.1 Å². The van der Waals surface area contributed by atoms with E-state index in [1.165, 1.54) is 10.4 Å². The number of rotatable bonds is 6. The summed E-state index contributed by atoms with van der Waals surface area (Å²) in [6, 6.07) is 5.00. The summed E-state index contributed by atoms with van der Waals surface area (Å²) < 4.78 is 39.9. The quantitative estimate of drug-likeness (QED) is 0.804. The largest absolute Gasteiger partial charge is 0.244 e. The minimum absolute atomic E-state index is 0.106. The summed E-state index contributed by atoms with van der Waals surface area (Å²) in [6.45, 7) is 1.95. The minimum Gasteiger partial charge on any atom is -0.207 e. The van der Waals surface area contributed by atoms with Crippen molar-refractivity contribution < 1.29 is 12.8 Å². The molecular formula is C14H16ClFN2O2S. The van der Waals surface area contributed by atoms with Crippen molar-refractivity contribution in [1.82, 2.24) is 4.31 Å². The summed E-state index contributed by atoms with van der Waals surface area (Å²) in [5.41, 5.74) is 0. The summed E-state index contributed by atoms with van der Waals surface area (Å²) in [6.07, 6.45) is 2.07. The molecule has 0 saturated heterocycles. The Kier molecular flexibility index (Phi) is 4.87. The van der Waals surface area contributed by atoms with Gasteiger partial charge in [0.05, 0.1) is 11.1 Å². The van der Waals surface area contributed by atoms with E-state index in [4.69, 9.17) is 16.9 Å². The van der Waals surface area contributed by atoms with Crippen molar-refractivity contribution in [1.29, 1.82) is 5.26 Å². The van der Waals surface area contributed by atoms with Crippen LogP contribution in [0.25, 0.3) is 0 Å². The van der Waals surface area contributed by atoms with Crippen molar-refractivity contribution in [2.45, 2.75) is 37.1 Å². The Balaban J connectivity index is 2.38. The zero-order valence-electron chi connectivity index (χ0n) is 11.6. The summed E-state index contributed by atoms with van der Waals surface area (Å²) in [4.78, 5) is -0.115. The predicted molar refractivity (Wildman–Crippen MR) is 77.7 cm³/mol. The van der Waals surface area contributed by atoms with E-state index in [9.17, 15) is 12.8 Å². The number of nitrogens with zero attached hydrogens (tertiary/aromatic N) is 2. The van der Waals surface area contributed by atoms with Gasteiger partial charge in [-0.2, -0.15) is 9.57 Å². The third-order valence-electron chi connectivity index (χ3n) is 3.68. The van der Waals surface area contributed by atoms with Crippen LogP contribution in [0.4, 0.5) is 4.39 Å². The monoisotopic (exact) mass is 330 g/mol. The lowest BCUT2D eigenvalue weighted by molar-refractivity contribution is 0.314. The number of benzene rings is 1. The molecule has 0 radical (unpaired) electrons. The van der Waals surface area contributed by atoms with Crippen molar-refractivity contribution >= 4 is 21.6 Å². The zero-order valence-corrected chi connectivity index (χ0v) is 13.2. The van der Waals surface area contributed by atoms with E-state index in [2.05, 4.69) is 0 Å². The molecule has 0 N–H and O–H groups in total. The van der Waals surface area contributed by atoms with E-state index < -0.39 is 15.8 Å². The molecule has 0 amide bonds. The minimum atomic E-state index is -3.84. The molecule has 0 bridgehead atoms. The number of nitriles is 1. The van der Waals surface area contributed by atoms with Gasteiger partial charge in [0.15, 0.2) is 0 Å². The predicted octanol–water partition coefficient (Wildman–Crippen LogP) is 3.18. The van der Waals surface area contributed by atoms with Gasteiger partial charge in [-0.1, -0.05) is 11.6 Å². The SMILES string of the molecule is CC(C1CC1)N(CCC#N)S(=O)(=O)c1ccc(F)cc1Cl. The molecular weight excluding hydrogens is 315 g/mol. The Bertz CT molecular complexity index is 668. The number of sulfonamides is 1. The van der Waals surface area contributed by atoms with E-state index in [1.807, 2.05) is 13.0 Å². The molecule has 1 aromatic rings. The average Bonchev–Trinajstić information content (AvgIpc) is 3.22. The molecule has 0 heterocycles. The number of halogens is 2. The van der Waals surface area contributed by atoms with E-state index in [0.29, 0.717) is 5.92 Å². The molecule has 2 rings (SSSR count). The first-order valence-electron chi connectivity index (χ1n) is 6.71. The van der Waals surface area contributed by atoms with Crippen LogP contribution in [0.3, 0.4) is 0 Å². The van der Waals surface area contributed by atoms with Gasteiger partial charge in [-0.3, -0.25) is 0 Å². The van der Waals surface area contributed by atoms with E-state index in [0.717, 1.165) is 25.0 Å². The van der Waals surface area contributed by atoms with Crippen LogP contribution in [-0.2, 0) is 10.0 Å². The number of hydrogen-bond acceptors (Lipinski definition) is 3. The van der Waals surface area contributed by atoms with Gasteiger partial charge in [0.25, 0.3) is 0 Å². The molecule has 1 atom stereocenters. The lowest BCUT2D eigenvalue weighted by Crippen LogP contribution is -2.40. The van der Waals surface area contributed by atoms with Crippen LogP contribution < -0.4 is 0 Å². The maximum atomic E-state index is 13.1. The highest BCUT2D eigenvalue weighted by molar-refractivity contribution is 7.89. The van der Waals surface area contributed by atoms with Gasteiger partial charge < -0.3 is 0 Å². The maximum Gasteiger partial charge on any atom is 0.244 e. The Morgan fingerprint density at radius 3 is 2.71 bits per heavy atom. The fraction of sp³-hybridized carbons (Fsp3) is 0.500. The van der Waals surface area contributed by atoms with Gasteiger partial charge in [0, 0.05) is 19.0 Å². The molecule has 1 aromatic carbocycles. The van der Waals surface area contributed by atoms with Gasteiger partial charge in [-0.25, -0.2) is 12.8 Å². The van der Waals surface area contributed by atoms with E-state index in [-0.39, 0.29) is 28.9 Å². The summed E-state index contributed by atoms with van der Waals surface area (Å²) >= 11 is 5.88. The Labute approximate surface area is 129 Å². The Hall–Kier alpha value is -1.16. The standard InChI is InChI=1S/C14H16ClFN2O2S/c1-10(11-3-4-11)18(8-2-7-17)21(19,20)14-6-5-12(16)9-13(14)15/h5-6,9-11H,2-4,8H2,1H3. The fourth-order valence-electron chi connectivity index (χ4n) is 2.33. The van der Waals surface area contributed by atoms with Crippen molar-refractivity contribution in [2.24, 2.45) is 5.92 Å². The molecule has 1 saturated carbocycles. The summed E-state index contributed by atoms with van der Waals surface area (Å²) in [5.74, 6) is -0.268. The highest BCUT2D eigenvalue weighted by Crippen LogP contribution is 2.38. The maximum absolute atomic E-state index is 13.1. The molecule has 1 aliphatic carbocycles. The van der Waals surface area contributed by atoms with Crippen molar-refractivity contribution in [2.75, 3.05) is 6.54 Å². The lowest BCUT2D eigenvalue weighted by Gasteiger charge is -2.28. The van der Waals surface area contributed by atoms with Crippen molar-refractivity contribution in [3.8, 4) is 6.07 Å². The van der Waals surface area contributed by atoms with Gasteiger partial charge in [0.1, 0.15) is 10.7 Å². The molecule has 0 aromatic heterocycles. The number of hydrogen-bond donors (Lipinski definition) is 0. The lowest BCUT2D eigenvalue weighted by atomic mass is 10.2. The Morgan fingerprint density at radius 1 is 1.52 bits per heavy atom. The first-order valence-corrected chi connectivity index (χ1v) is 8.53. The van der Waals surface area contributed by atoms with Gasteiger partial charge >= 0.3 is 0 Å². The molecule has 7 heteroatoms. The first kappa shape index (κ1) is 16.2. The smallest absolute Gasteiger partial charge is 0.207 e. The van der Waals surface area contributed by atoms with Crippen LogP contribution >= 0.6 is 11.6 Å². The van der Waals surface area contributed by atoms with Gasteiger partial charge in [0.2, 0.25) is 10.0 Å². The molecule has 4 nitrogen and oxygen atoms in total. The molecule has 1 fully saturated rings. The van der Waals surface area contributed by atoms with Crippen LogP contribution in [0.2, 0.25) is 5.02 Å². The Morgan fingerprint density at radius 2 is 2.19 bits per heavy atom. The van der Waals surface area contributed by atoms with Crippen LogP contribution in [-0.4, -0.2) is 25.3 Å². The molecule has 21 heavy (non-hydrogen) atoms. The summed E-state index contributed by atoms with van der Waals surface area (Å²) in [7, 11) is -3.84. The first-order chi connectivity index (χ1) is 9.87.